The number of rotatable bonds is 7. The van der Waals surface area contributed by atoms with Gasteiger partial charge in [0.2, 0.25) is 0 Å². The standard InChI is InChI=1S/C9H18F3NO/c1-8(2)14-6-4-3-5-13-7-9(10,11)12/h8,13H,3-7H2,1-2H3. The number of alkyl halides is 3. The van der Waals surface area contributed by atoms with Crippen LogP contribution in [0.15, 0.2) is 0 Å². The van der Waals surface area contributed by atoms with E-state index in [9.17, 15) is 13.2 Å². The number of halogens is 3. The van der Waals surface area contributed by atoms with Gasteiger partial charge in [-0.3, -0.25) is 0 Å². The summed E-state index contributed by atoms with van der Waals surface area (Å²) in [5, 5.41) is 2.33. The second-order valence-electron chi connectivity index (χ2n) is 3.42. The molecule has 0 bridgehead atoms. The van der Waals surface area contributed by atoms with Crippen molar-refractivity contribution in [3.63, 3.8) is 0 Å². The Kier molecular flexibility index (Phi) is 6.92. The van der Waals surface area contributed by atoms with Gasteiger partial charge in [0.1, 0.15) is 0 Å². The van der Waals surface area contributed by atoms with Crippen LogP contribution >= 0.6 is 0 Å². The highest BCUT2D eigenvalue weighted by atomic mass is 19.4. The lowest BCUT2D eigenvalue weighted by Gasteiger charge is -2.09. The van der Waals surface area contributed by atoms with E-state index in [1.165, 1.54) is 0 Å². The third-order valence-electron chi connectivity index (χ3n) is 1.52. The van der Waals surface area contributed by atoms with Crippen LogP contribution < -0.4 is 5.32 Å². The fraction of sp³-hybridized carbons (Fsp3) is 1.00. The molecule has 0 aromatic carbocycles. The molecule has 0 radical (unpaired) electrons. The zero-order valence-corrected chi connectivity index (χ0v) is 8.66. The molecule has 0 fully saturated rings. The molecule has 0 amide bonds. The molecule has 0 aliphatic heterocycles. The van der Waals surface area contributed by atoms with Gasteiger partial charge < -0.3 is 10.1 Å². The molecule has 0 aliphatic rings. The molecule has 0 saturated carbocycles. The molecule has 0 spiro atoms. The molecule has 1 N–H and O–H groups in total. The van der Waals surface area contributed by atoms with Crippen molar-refractivity contribution in [2.24, 2.45) is 0 Å². The van der Waals surface area contributed by atoms with Gasteiger partial charge in [0, 0.05) is 6.61 Å². The van der Waals surface area contributed by atoms with Crippen LogP contribution in [0.5, 0.6) is 0 Å². The average Bonchev–Trinajstić information content (AvgIpc) is 2.00. The minimum absolute atomic E-state index is 0.193. The van der Waals surface area contributed by atoms with Crippen LogP contribution in [0.1, 0.15) is 26.7 Å². The van der Waals surface area contributed by atoms with Crippen molar-refractivity contribution in [3.05, 3.63) is 0 Å². The Morgan fingerprint density at radius 1 is 1.21 bits per heavy atom. The van der Waals surface area contributed by atoms with Crippen LogP contribution in [0.4, 0.5) is 13.2 Å². The predicted molar refractivity (Wildman–Crippen MR) is 49.2 cm³/mol. The van der Waals surface area contributed by atoms with Crippen LogP contribution in [0.3, 0.4) is 0 Å². The highest BCUT2D eigenvalue weighted by molar-refractivity contribution is 4.55. The summed E-state index contributed by atoms with van der Waals surface area (Å²) in [4.78, 5) is 0. The molecule has 14 heavy (non-hydrogen) atoms. The minimum Gasteiger partial charge on any atom is -0.379 e. The van der Waals surface area contributed by atoms with Crippen molar-refractivity contribution in [1.29, 1.82) is 0 Å². The Labute approximate surface area is 82.8 Å². The first-order valence-electron chi connectivity index (χ1n) is 4.81. The molecule has 0 saturated heterocycles. The lowest BCUT2D eigenvalue weighted by Crippen LogP contribution is -2.29. The van der Waals surface area contributed by atoms with Gasteiger partial charge in [-0.15, -0.1) is 0 Å². The molecule has 0 rings (SSSR count). The Morgan fingerprint density at radius 3 is 2.36 bits per heavy atom. The fourth-order valence-electron chi connectivity index (χ4n) is 0.901. The number of hydrogen-bond acceptors (Lipinski definition) is 2. The zero-order chi connectivity index (χ0) is 11.0. The van der Waals surface area contributed by atoms with E-state index in [1.54, 1.807) is 0 Å². The van der Waals surface area contributed by atoms with Gasteiger partial charge in [0.15, 0.2) is 0 Å². The lowest BCUT2D eigenvalue weighted by atomic mass is 10.3. The predicted octanol–water partition coefficient (Wildman–Crippen LogP) is 2.34. The van der Waals surface area contributed by atoms with Crippen LogP contribution in [0.2, 0.25) is 0 Å². The molecule has 0 heterocycles. The molecule has 0 aromatic heterocycles. The number of hydrogen-bond donors (Lipinski definition) is 1. The van der Waals surface area contributed by atoms with Gasteiger partial charge in [0.05, 0.1) is 12.6 Å². The van der Waals surface area contributed by atoms with E-state index in [0.29, 0.717) is 19.6 Å². The molecule has 0 aliphatic carbocycles. The van der Waals surface area contributed by atoms with E-state index in [1.807, 2.05) is 13.8 Å². The van der Waals surface area contributed by atoms with E-state index in [4.69, 9.17) is 4.74 Å². The third kappa shape index (κ3) is 11.7. The van der Waals surface area contributed by atoms with E-state index in [-0.39, 0.29) is 6.10 Å². The third-order valence-corrected chi connectivity index (χ3v) is 1.52. The van der Waals surface area contributed by atoms with Crippen molar-refractivity contribution in [3.8, 4) is 0 Å². The summed E-state index contributed by atoms with van der Waals surface area (Å²) in [5.74, 6) is 0. The minimum atomic E-state index is -4.10. The van der Waals surface area contributed by atoms with Gasteiger partial charge in [-0.2, -0.15) is 13.2 Å². The van der Waals surface area contributed by atoms with Crippen LogP contribution in [0, 0.1) is 0 Å². The van der Waals surface area contributed by atoms with Gasteiger partial charge in [0.25, 0.3) is 0 Å². The van der Waals surface area contributed by atoms with E-state index in [2.05, 4.69) is 5.32 Å². The summed E-state index contributed by atoms with van der Waals surface area (Å²) < 4.78 is 40.2. The summed E-state index contributed by atoms with van der Waals surface area (Å²) in [7, 11) is 0. The highest BCUT2D eigenvalue weighted by Gasteiger charge is 2.25. The van der Waals surface area contributed by atoms with E-state index in [0.717, 1.165) is 6.42 Å². The smallest absolute Gasteiger partial charge is 0.379 e. The summed E-state index contributed by atoms with van der Waals surface area (Å²) in [6, 6.07) is 0. The maximum absolute atomic E-state index is 11.6. The molecule has 86 valence electrons. The Balaban J connectivity index is 3.07. The van der Waals surface area contributed by atoms with Crippen molar-refractivity contribution in [2.75, 3.05) is 19.7 Å². The zero-order valence-electron chi connectivity index (χ0n) is 8.66. The highest BCUT2D eigenvalue weighted by Crippen LogP contribution is 2.11. The first kappa shape index (κ1) is 13.7. The maximum Gasteiger partial charge on any atom is 0.401 e. The van der Waals surface area contributed by atoms with Crippen molar-refractivity contribution >= 4 is 0 Å². The van der Waals surface area contributed by atoms with E-state index >= 15 is 0 Å². The SMILES string of the molecule is CC(C)OCCCCNCC(F)(F)F. The normalized spacial score (nSPS) is 12.4. The topological polar surface area (TPSA) is 21.3 Å². The molecular formula is C9H18F3NO. The van der Waals surface area contributed by atoms with Gasteiger partial charge in [-0.25, -0.2) is 0 Å². The quantitative estimate of drug-likeness (QED) is 0.655. The first-order valence-corrected chi connectivity index (χ1v) is 4.81. The summed E-state index contributed by atoms with van der Waals surface area (Å²) >= 11 is 0. The Hall–Kier alpha value is -0.290. The summed E-state index contributed by atoms with van der Waals surface area (Å²) in [6.45, 7) is 3.97. The monoisotopic (exact) mass is 213 g/mol. The number of nitrogens with one attached hydrogen (secondary N) is 1. The molecule has 5 heteroatoms. The second kappa shape index (κ2) is 7.06. The Bertz CT molecular complexity index is 137. The molecule has 0 atom stereocenters. The van der Waals surface area contributed by atoms with Crippen molar-refractivity contribution in [2.45, 2.75) is 39.0 Å². The summed E-state index contributed by atoms with van der Waals surface area (Å²) in [5.41, 5.74) is 0. The number of unbranched alkanes of at least 4 members (excludes halogenated alkanes) is 1. The van der Waals surface area contributed by atoms with Crippen LogP contribution in [-0.4, -0.2) is 32.0 Å². The molecule has 0 aromatic rings. The van der Waals surface area contributed by atoms with Crippen molar-refractivity contribution in [1.82, 2.24) is 5.32 Å². The lowest BCUT2D eigenvalue weighted by molar-refractivity contribution is -0.124. The van der Waals surface area contributed by atoms with Crippen LogP contribution in [-0.2, 0) is 4.74 Å². The second-order valence-corrected chi connectivity index (χ2v) is 3.42. The van der Waals surface area contributed by atoms with Crippen molar-refractivity contribution < 1.29 is 17.9 Å². The number of ether oxygens (including phenoxy) is 1. The molecule has 2 nitrogen and oxygen atoms in total. The largest absolute Gasteiger partial charge is 0.401 e. The maximum atomic E-state index is 11.6. The van der Waals surface area contributed by atoms with E-state index < -0.39 is 12.7 Å². The average molecular weight is 213 g/mol. The Morgan fingerprint density at radius 2 is 1.86 bits per heavy atom. The van der Waals surface area contributed by atoms with Crippen LogP contribution in [0.25, 0.3) is 0 Å². The van der Waals surface area contributed by atoms with Gasteiger partial charge in [-0.1, -0.05) is 0 Å². The first-order chi connectivity index (χ1) is 6.42. The molecule has 0 unspecified atom stereocenters. The van der Waals surface area contributed by atoms with Gasteiger partial charge >= 0.3 is 6.18 Å². The fourth-order valence-corrected chi connectivity index (χ4v) is 0.901. The summed E-state index contributed by atoms with van der Waals surface area (Å²) in [6.07, 6.45) is -2.40. The molecular weight excluding hydrogens is 195 g/mol. The van der Waals surface area contributed by atoms with Gasteiger partial charge in [-0.05, 0) is 33.2 Å².